The first-order valence-electron chi connectivity index (χ1n) is 5.78. The SMILES string of the molecule is CC(C)CNC(=O)CN(C)c1ncc(C=O)cn1. The number of hydrogen-bond acceptors (Lipinski definition) is 5. The van der Waals surface area contributed by atoms with Crippen LogP contribution >= 0.6 is 0 Å². The van der Waals surface area contributed by atoms with E-state index in [9.17, 15) is 9.59 Å². The van der Waals surface area contributed by atoms with Crippen molar-refractivity contribution in [3.63, 3.8) is 0 Å². The Morgan fingerprint density at radius 1 is 1.44 bits per heavy atom. The van der Waals surface area contributed by atoms with Crippen LogP contribution in [0.1, 0.15) is 24.2 Å². The van der Waals surface area contributed by atoms with Crippen molar-refractivity contribution in [2.75, 3.05) is 25.0 Å². The van der Waals surface area contributed by atoms with E-state index in [2.05, 4.69) is 15.3 Å². The number of hydrogen-bond donors (Lipinski definition) is 1. The van der Waals surface area contributed by atoms with Crippen molar-refractivity contribution in [1.29, 1.82) is 0 Å². The fourth-order valence-corrected chi connectivity index (χ4v) is 1.25. The zero-order valence-electron chi connectivity index (χ0n) is 10.9. The van der Waals surface area contributed by atoms with E-state index in [4.69, 9.17) is 0 Å². The van der Waals surface area contributed by atoms with Crippen molar-refractivity contribution < 1.29 is 9.59 Å². The predicted molar refractivity (Wildman–Crippen MR) is 68.5 cm³/mol. The third-order valence-corrected chi connectivity index (χ3v) is 2.22. The summed E-state index contributed by atoms with van der Waals surface area (Å²) in [6.45, 7) is 4.90. The van der Waals surface area contributed by atoms with Crippen LogP contribution in [0.25, 0.3) is 0 Å². The van der Waals surface area contributed by atoms with Gasteiger partial charge < -0.3 is 10.2 Å². The molecule has 6 nitrogen and oxygen atoms in total. The lowest BCUT2D eigenvalue weighted by Gasteiger charge is -2.16. The maximum absolute atomic E-state index is 11.6. The van der Waals surface area contributed by atoms with Crippen LogP contribution in [0.5, 0.6) is 0 Å². The van der Waals surface area contributed by atoms with Crippen LogP contribution in [-0.2, 0) is 4.79 Å². The van der Waals surface area contributed by atoms with Gasteiger partial charge in [-0.2, -0.15) is 0 Å². The van der Waals surface area contributed by atoms with E-state index in [1.807, 2.05) is 13.8 Å². The summed E-state index contributed by atoms with van der Waals surface area (Å²) in [7, 11) is 1.73. The molecule has 1 amide bonds. The predicted octanol–water partition coefficient (Wildman–Crippen LogP) is 0.497. The molecule has 98 valence electrons. The van der Waals surface area contributed by atoms with E-state index < -0.39 is 0 Å². The molecular weight excluding hydrogens is 232 g/mol. The molecule has 0 radical (unpaired) electrons. The number of rotatable bonds is 6. The molecule has 6 heteroatoms. The lowest BCUT2D eigenvalue weighted by atomic mass is 10.2. The Morgan fingerprint density at radius 3 is 2.56 bits per heavy atom. The lowest BCUT2D eigenvalue weighted by molar-refractivity contribution is -0.119. The van der Waals surface area contributed by atoms with Crippen LogP contribution in [0.4, 0.5) is 5.95 Å². The molecule has 1 N–H and O–H groups in total. The minimum Gasteiger partial charge on any atom is -0.354 e. The molecule has 18 heavy (non-hydrogen) atoms. The number of amides is 1. The number of nitrogens with zero attached hydrogens (tertiary/aromatic N) is 3. The number of anilines is 1. The minimum absolute atomic E-state index is 0.0748. The van der Waals surface area contributed by atoms with Gasteiger partial charge in [0.25, 0.3) is 0 Å². The third-order valence-electron chi connectivity index (χ3n) is 2.22. The lowest BCUT2D eigenvalue weighted by Crippen LogP contribution is -2.37. The van der Waals surface area contributed by atoms with E-state index in [0.717, 1.165) is 0 Å². The van der Waals surface area contributed by atoms with Crippen molar-refractivity contribution in [1.82, 2.24) is 15.3 Å². The van der Waals surface area contributed by atoms with Crippen LogP contribution in [0, 0.1) is 5.92 Å². The first-order valence-corrected chi connectivity index (χ1v) is 5.78. The van der Waals surface area contributed by atoms with E-state index >= 15 is 0 Å². The maximum atomic E-state index is 11.6. The monoisotopic (exact) mass is 250 g/mol. The van der Waals surface area contributed by atoms with Crippen molar-refractivity contribution in [2.45, 2.75) is 13.8 Å². The molecule has 0 aliphatic carbocycles. The Balaban J connectivity index is 2.50. The standard InChI is InChI=1S/C12H18N4O2/c1-9(2)4-13-11(18)7-16(3)12-14-5-10(8-17)6-15-12/h5-6,8-9H,4,7H2,1-3H3,(H,13,18). The van der Waals surface area contributed by atoms with Crippen LogP contribution in [0.15, 0.2) is 12.4 Å². The molecule has 0 aliphatic rings. The van der Waals surface area contributed by atoms with Crippen molar-refractivity contribution in [3.05, 3.63) is 18.0 Å². The highest BCUT2D eigenvalue weighted by atomic mass is 16.2. The molecule has 0 fully saturated rings. The molecule has 0 aliphatic heterocycles. The highest BCUT2D eigenvalue weighted by Gasteiger charge is 2.09. The second-order valence-electron chi connectivity index (χ2n) is 4.49. The van der Waals surface area contributed by atoms with Gasteiger partial charge in [0.15, 0.2) is 6.29 Å². The molecule has 0 saturated heterocycles. The highest BCUT2D eigenvalue weighted by Crippen LogP contribution is 2.03. The number of aromatic nitrogens is 2. The smallest absolute Gasteiger partial charge is 0.239 e. The quantitative estimate of drug-likeness (QED) is 0.744. The largest absolute Gasteiger partial charge is 0.354 e. The molecule has 0 aromatic carbocycles. The van der Waals surface area contributed by atoms with Gasteiger partial charge in [-0.15, -0.1) is 0 Å². The van der Waals surface area contributed by atoms with Gasteiger partial charge in [0, 0.05) is 26.0 Å². The van der Waals surface area contributed by atoms with Crippen LogP contribution in [0.2, 0.25) is 0 Å². The zero-order chi connectivity index (χ0) is 13.5. The first kappa shape index (κ1) is 14.1. The average molecular weight is 250 g/mol. The Hall–Kier alpha value is -1.98. The average Bonchev–Trinajstić information content (AvgIpc) is 2.36. The summed E-state index contributed by atoms with van der Waals surface area (Å²) >= 11 is 0. The van der Waals surface area contributed by atoms with Gasteiger partial charge in [0.1, 0.15) is 0 Å². The van der Waals surface area contributed by atoms with E-state index in [1.165, 1.54) is 12.4 Å². The van der Waals surface area contributed by atoms with Gasteiger partial charge in [0.2, 0.25) is 11.9 Å². The number of nitrogens with one attached hydrogen (secondary N) is 1. The fourth-order valence-electron chi connectivity index (χ4n) is 1.25. The van der Waals surface area contributed by atoms with E-state index in [1.54, 1.807) is 11.9 Å². The molecule has 0 unspecified atom stereocenters. The molecule has 0 saturated carbocycles. The van der Waals surface area contributed by atoms with Crippen LogP contribution in [-0.4, -0.2) is 42.3 Å². The molecule has 1 aromatic heterocycles. The van der Waals surface area contributed by atoms with Gasteiger partial charge in [-0.25, -0.2) is 9.97 Å². The Bertz CT molecular complexity index is 403. The van der Waals surface area contributed by atoms with Crippen LogP contribution in [0.3, 0.4) is 0 Å². The second kappa shape index (κ2) is 6.68. The summed E-state index contributed by atoms with van der Waals surface area (Å²) in [6, 6.07) is 0. The molecular formula is C12H18N4O2. The molecule has 0 spiro atoms. The number of likely N-dealkylation sites (N-methyl/N-ethyl adjacent to an activating group) is 1. The summed E-state index contributed by atoms with van der Waals surface area (Å²) in [6.07, 6.45) is 3.54. The summed E-state index contributed by atoms with van der Waals surface area (Å²) < 4.78 is 0. The Morgan fingerprint density at radius 2 is 2.06 bits per heavy atom. The highest BCUT2D eigenvalue weighted by molar-refractivity contribution is 5.80. The third kappa shape index (κ3) is 4.48. The number of carbonyl (C=O) groups excluding carboxylic acids is 2. The number of aldehydes is 1. The summed E-state index contributed by atoms with van der Waals surface area (Å²) in [5, 5.41) is 2.81. The van der Waals surface area contributed by atoms with Crippen molar-refractivity contribution >= 4 is 18.1 Å². The maximum Gasteiger partial charge on any atom is 0.239 e. The topological polar surface area (TPSA) is 75.2 Å². The molecule has 1 rings (SSSR count). The Labute approximate surface area is 106 Å². The van der Waals surface area contributed by atoms with Gasteiger partial charge in [-0.3, -0.25) is 9.59 Å². The molecule has 1 aromatic rings. The van der Waals surface area contributed by atoms with Crippen molar-refractivity contribution in [2.24, 2.45) is 5.92 Å². The van der Waals surface area contributed by atoms with E-state index in [-0.39, 0.29) is 12.5 Å². The van der Waals surface area contributed by atoms with Gasteiger partial charge >= 0.3 is 0 Å². The summed E-state index contributed by atoms with van der Waals surface area (Å²) in [4.78, 5) is 31.7. The van der Waals surface area contributed by atoms with E-state index in [0.29, 0.717) is 30.3 Å². The van der Waals surface area contributed by atoms with Gasteiger partial charge in [0.05, 0.1) is 12.1 Å². The fraction of sp³-hybridized carbons (Fsp3) is 0.500. The van der Waals surface area contributed by atoms with Crippen LogP contribution < -0.4 is 10.2 Å². The zero-order valence-corrected chi connectivity index (χ0v) is 10.9. The summed E-state index contributed by atoms with van der Waals surface area (Å²) in [5.41, 5.74) is 0.413. The van der Waals surface area contributed by atoms with Gasteiger partial charge in [-0.1, -0.05) is 13.8 Å². The Kier molecular flexibility index (Phi) is 5.23. The minimum atomic E-state index is -0.0748. The first-order chi connectivity index (χ1) is 8.52. The molecule has 0 bridgehead atoms. The van der Waals surface area contributed by atoms with Gasteiger partial charge in [-0.05, 0) is 5.92 Å². The summed E-state index contributed by atoms with van der Waals surface area (Å²) in [5.74, 6) is 0.761. The second-order valence-corrected chi connectivity index (χ2v) is 4.49. The normalized spacial score (nSPS) is 10.2. The van der Waals surface area contributed by atoms with Crippen molar-refractivity contribution in [3.8, 4) is 0 Å². The number of carbonyl (C=O) groups is 2. The molecule has 0 atom stereocenters. The molecule has 1 heterocycles.